The van der Waals surface area contributed by atoms with Crippen molar-refractivity contribution >= 4 is 5.91 Å². The van der Waals surface area contributed by atoms with Crippen LogP contribution in [-0.4, -0.2) is 43.0 Å². The first-order valence-corrected chi connectivity index (χ1v) is 9.25. The van der Waals surface area contributed by atoms with Gasteiger partial charge in [0.05, 0.1) is 12.7 Å². The second-order valence-electron chi connectivity index (χ2n) is 6.97. The highest BCUT2D eigenvalue weighted by molar-refractivity contribution is 5.96. The third-order valence-corrected chi connectivity index (χ3v) is 4.99. The number of hydrogen-bond donors (Lipinski definition) is 0. The van der Waals surface area contributed by atoms with Crippen molar-refractivity contribution in [2.75, 3.05) is 27.2 Å². The maximum Gasteiger partial charge on any atom is 0.257 e. The largest absolute Gasteiger partial charge is 0.497 e. The zero-order chi connectivity index (χ0) is 18.7. The fourth-order valence-corrected chi connectivity index (χ4v) is 3.61. The maximum atomic E-state index is 12.9. The molecular weight excluding hydrogens is 328 g/mol. The Balaban J connectivity index is 1.77. The molecule has 0 unspecified atom stereocenters. The lowest BCUT2D eigenvalue weighted by Crippen LogP contribution is -2.33. The van der Waals surface area contributed by atoms with E-state index in [1.165, 1.54) is 5.56 Å². The average molecular weight is 356 g/mol. The lowest BCUT2D eigenvalue weighted by atomic mass is 10.0. The van der Waals surface area contributed by atoms with Crippen molar-refractivity contribution in [3.8, 4) is 5.75 Å². The highest BCUT2D eigenvalue weighted by atomic mass is 16.5. The van der Waals surface area contributed by atoms with Gasteiger partial charge in [-0.2, -0.15) is 0 Å². The van der Waals surface area contributed by atoms with Gasteiger partial charge >= 0.3 is 0 Å². The Hall–Kier alpha value is -2.27. The fraction of sp³-hybridized carbons (Fsp3) is 0.476. The highest BCUT2D eigenvalue weighted by Gasteiger charge is 2.29. The van der Waals surface area contributed by atoms with Crippen molar-refractivity contribution in [1.29, 1.82) is 0 Å². The summed E-state index contributed by atoms with van der Waals surface area (Å²) in [5.74, 6) is 2.66. The molecule has 3 rings (SSSR count). The third-order valence-electron chi connectivity index (χ3n) is 4.99. The minimum absolute atomic E-state index is 0.0700. The number of hydrogen-bond acceptors (Lipinski definition) is 4. The second-order valence-corrected chi connectivity index (χ2v) is 6.97. The number of amides is 1. The molecule has 0 bridgehead atoms. The number of carbonyl (C=O) groups is 1. The van der Waals surface area contributed by atoms with E-state index >= 15 is 0 Å². The van der Waals surface area contributed by atoms with Gasteiger partial charge in [-0.1, -0.05) is 19.1 Å². The molecule has 2 heterocycles. The summed E-state index contributed by atoms with van der Waals surface area (Å²) in [6.07, 6.45) is 1.79. The molecule has 0 fully saturated rings. The van der Waals surface area contributed by atoms with Crippen LogP contribution in [0.15, 0.2) is 28.7 Å². The van der Waals surface area contributed by atoms with Crippen molar-refractivity contribution < 1.29 is 13.9 Å². The Morgan fingerprint density at radius 3 is 2.69 bits per heavy atom. The predicted molar refractivity (Wildman–Crippen MR) is 102 cm³/mol. The van der Waals surface area contributed by atoms with E-state index in [0.717, 1.165) is 67.4 Å². The van der Waals surface area contributed by atoms with Crippen molar-refractivity contribution in [2.24, 2.45) is 0 Å². The number of methoxy groups -OCH3 is 1. The first kappa shape index (κ1) is 18.5. The van der Waals surface area contributed by atoms with Gasteiger partial charge in [0.1, 0.15) is 17.3 Å². The standard InChI is InChI=1S/C21H28N2O3/c1-5-11-22(3)21(24)20-15(2)26-19-10-12-23(14-18(19)20)13-16-6-8-17(25-4)9-7-16/h6-9H,5,10-14H2,1-4H3. The van der Waals surface area contributed by atoms with Crippen LogP contribution in [-0.2, 0) is 19.5 Å². The van der Waals surface area contributed by atoms with E-state index in [4.69, 9.17) is 9.15 Å². The summed E-state index contributed by atoms with van der Waals surface area (Å²) < 4.78 is 11.1. The predicted octanol–water partition coefficient (Wildman–Crippen LogP) is 3.64. The molecular formula is C21H28N2O3. The summed E-state index contributed by atoms with van der Waals surface area (Å²) in [4.78, 5) is 17.0. The minimum Gasteiger partial charge on any atom is -0.497 e. The summed E-state index contributed by atoms with van der Waals surface area (Å²) in [6, 6.07) is 8.16. The molecule has 26 heavy (non-hydrogen) atoms. The van der Waals surface area contributed by atoms with Gasteiger partial charge in [-0.3, -0.25) is 9.69 Å². The number of nitrogens with zero attached hydrogens (tertiary/aromatic N) is 2. The van der Waals surface area contributed by atoms with E-state index in [1.54, 1.807) is 12.0 Å². The van der Waals surface area contributed by atoms with Gasteiger partial charge in [0.15, 0.2) is 0 Å². The van der Waals surface area contributed by atoms with Gasteiger partial charge in [-0.05, 0) is 31.0 Å². The number of benzene rings is 1. The molecule has 0 aliphatic carbocycles. The van der Waals surface area contributed by atoms with Gasteiger partial charge in [-0.25, -0.2) is 0 Å². The first-order chi connectivity index (χ1) is 12.5. The third kappa shape index (κ3) is 3.78. The number of carbonyl (C=O) groups excluding carboxylic acids is 1. The SMILES string of the molecule is CCCN(C)C(=O)c1c(C)oc2c1CN(Cc1ccc(OC)cc1)CC2. The monoisotopic (exact) mass is 356 g/mol. The summed E-state index contributed by atoms with van der Waals surface area (Å²) in [7, 11) is 3.54. The van der Waals surface area contributed by atoms with Crippen LogP contribution in [0.3, 0.4) is 0 Å². The quantitative estimate of drug-likeness (QED) is 0.793. The van der Waals surface area contributed by atoms with Crippen molar-refractivity contribution in [3.05, 3.63) is 52.5 Å². The van der Waals surface area contributed by atoms with E-state index in [2.05, 4.69) is 24.0 Å². The highest BCUT2D eigenvalue weighted by Crippen LogP contribution is 2.30. The lowest BCUT2D eigenvalue weighted by Gasteiger charge is -2.27. The van der Waals surface area contributed by atoms with Gasteiger partial charge in [-0.15, -0.1) is 0 Å². The summed E-state index contributed by atoms with van der Waals surface area (Å²) >= 11 is 0. The van der Waals surface area contributed by atoms with Crippen molar-refractivity contribution in [3.63, 3.8) is 0 Å². The second kappa shape index (κ2) is 7.96. The molecule has 1 aliphatic heterocycles. The molecule has 140 valence electrons. The minimum atomic E-state index is 0.0700. The van der Waals surface area contributed by atoms with Gasteiger partial charge in [0, 0.05) is 45.2 Å². The van der Waals surface area contributed by atoms with Crippen LogP contribution in [0.4, 0.5) is 0 Å². The molecule has 1 amide bonds. The zero-order valence-electron chi connectivity index (χ0n) is 16.2. The molecule has 5 heteroatoms. The van der Waals surface area contributed by atoms with Crippen molar-refractivity contribution in [1.82, 2.24) is 9.80 Å². The van der Waals surface area contributed by atoms with E-state index in [9.17, 15) is 4.79 Å². The molecule has 2 aromatic rings. The van der Waals surface area contributed by atoms with Crippen molar-refractivity contribution in [2.45, 2.75) is 39.8 Å². The van der Waals surface area contributed by atoms with E-state index in [1.807, 2.05) is 26.1 Å². The van der Waals surface area contributed by atoms with Crippen LogP contribution in [0.5, 0.6) is 5.75 Å². The maximum absolute atomic E-state index is 12.9. The number of furan rings is 1. The number of fused-ring (bicyclic) bond motifs is 1. The van der Waals surface area contributed by atoms with E-state index in [0.29, 0.717) is 0 Å². The van der Waals surface area contributed by atoms with Crippen LogP contribution in [0.1, 0.15) is 46.3 Å². The Morgan fingerprint density at radius 1 is 1.31 bits per heavy atom. The molecule has 1 aromatic heterocycles. The molecule has 0 atom stereocenters. The smallest absolute Gasteiger partial charge is 0.257 e. The molecule has 1 aromatic carbocycles. The molecule has 0 N–H and O–H groups in total. The van der Waals surface area contributed by atoms with Crippen LogP contribution in [0.2, 0.25) is 0 Å². The molecule has 0 spiro atoms. The summed E-state index contributed by atoms with van der Waals surface area (Å²) in [5.41, 5.74) is 3.07. The molecule has 5 nitrogen and oxygen atoms in total. The van der Waals surface area contributed by atoms with Crippen LogP contribution < -0.4 is 4.74 Å². The average Bonchev–Trinajstić information content (AvgIpc) is 2.97. The number of rotatable bonds is 6. The van der Waals surface area contributed by atoms with E-state index in [-0.39, 0.29) is 5.91 Å². The molecule has 0 saturated carbocycles. The number of ether oxygens (including phenoxy) is 1. The van der Waals surface area contributed by atoms with Gasteiger partial charge in [0.25, 0.3) is 5.91 Å². The molecule has 1 aliphatic rings. The van der Waals surface area contributed by atoms with E-state index < -0.39 is 0 Å². The Morgan fingerprint density at radius 2 is 2.04 bits per heavy atom. The number of aryl methyl sites for hydroxylation is 1. The Labute approximate surface area is 155 Å². The normalized spacial score (nSPS) is 14.2. The molecule has 0 saturated heterocycles. The first-order valence-electron chi connectivity index (χ1n) is 9.25. The summed E-state index contributed by atoms with van der Waals surface area (Å²) in [6.45, 7) is 7.28. The zero-order valence-corrected chi connectivity index (χ0v) is 16.2. The Kier molecular flexibility index (Phi) is 5.67. The van der Waals surface area contributed by atoms with Crippen LogP contribution in [0, 0.1) is 6.92 Å². The van der Waals surface area contributed by atoms with Gasteiger partial charge in [0.2, 0.25) is 0 Å². The van der Waals surface area contributed by atoms with Crippen LogP contribution in [0.25, 0.3) is 0 Å². The molecule has 0 radical (unpaired) electrons. The topological polar surface area (TPSA) is 45.9 Å². The summed E-state index contributed by atoms with van der Waals surface area (Å²) in [5, 5.41) is 0. The fourth-order valence-electron chi connectivity index (χ4n) is 3.61. The Bertz CT molecular complexity index is 764. The van der Waals surface area contributed by atoms with Crippen LogP contribution >= 0.6 is 0 Å². The van der Waals surface area contributed by atoms with Gasteiger partial charge < -0.3 is 14.1 Å². The lowest BCUT2D eigenvalue weighted by molar-refractivity contribution is 0.0791.